The minimum absolute atomic E-state index is 0.0366. The Kier molecular flexibility index (Phi) is 5.48. The molecule has 2 heterocycles. The fourth-order valence-corrected chi connectivity index (χ4v) is 5.27. The Hall–Kier alpha value is -2.56. The fourth-order valence-electron chi connectivity index (χ4n) is 5.27. The summed E-state index contributed by atoms with van der Waals surface area (Å²) < 4.78 is 2.03. The molecule has 1 aliphatic carbocycles. The summed E-state index contributed by atoms with van der Waals surface area (Å²) in [5, 5.41) is 3.18. The van der Waals surface area contributed by atoms with Crippen molar-refractivity contribution >= 4 is 11.8 Å². The second kappa shape index (κ2) is 8.05. The van der Waals surface area contributed by atoms with E-state index in [9.17, 15) is 9.59 Å². The number of carbonyl (C=O) groups is 2. The van der Waals surface area contributed by atoms with Gasteiger partial charge in [-0.15, -0.1) is 0 Å². The maximum absolute atomic E-state index is 13.6. The topological polar surface area (TPSA) is 54.3 Å². The number of aromatic nitrogens is 1. The number of hydrogen-bond donors (Lipinski definition) is 1. The maximum atomic E-state index is 13.6. The van der Waals surface area contributed by atoms with Crippen LogP contribution in [0, 0.1) is 0 Å². The zero-order valence-electron chi connectivity index (χ0n) is 17.5. The first-order chi connectivity index (χ1) is 14.1. The summed E-state index contributed by atoms with van der Waals surface area (Å²) in [5.41, 5.74) is 2.28. The highest BCUT2D eigenvalue weighted by Gasteiger charge is 2.55. The highest BCUT2D eigenvalue weighted by molar-refractivity contribution is 6.02. The Labute approximate surface area is 173 Å². The third kappa shape index (κ3) is 3.37. The van der Waals surface area contributed by atoms with Crippen LogP contribution in [0.5, 0.6) is 0 Å². The van der Waals surface area contributed by atoms with Crippen molar-refractivity contribution in [1.82, 2.24) is 14.8 Å². The molecule has 0 bridgehead atoms. The van der Waals surface area contributed by atoms with Crippen molar-refractivity contribution in [2.75, 3.05) is 6.54 Å². The number of carbonyl (C=O) groups excluding carboxylic acids is 2. The lowest BCUT2D eigenvalue weighted by atomic mass is 9.71. The van der Waals surface area contributed by atoms with Crippen LogP contribution in [0.25, 0.3) is 0 Å². The van der Waals surface area contributed by atoms with Crippen LogP contribution in [0.15, 0.2) is 42.6 Å². The lowest BCUT2D eigenvalue weighted by molar-refractivity contribution is -0.126. The largest absolute Gasteiger partial charge is 0.353 e. The van der Waals surface area contributed by atoms with Crippen molar-refractivity contribution in [1.29, 1.82) is 0 Å². The molecule has 4 rings (SSSR count). The van der Waals surface area contributed by atoms with E-state index in [4.69, 9.17) is 0 Å². The van der Waals surface area contributed by atoms with Gasteiger partial charge in [0.2, 0.25) is 5.91 Å². The predicted octanol–water partition coefficient (Wildman–Crippen LogP) is 3.99. The molecule has 1 N–H and O–H groups in total. The van der Waals surface area contributed by atoms with Crippen LogP contribution in [-0.4, -0.2) is 33.4 Å². The first-order valence-electron chi connectivity index (χ1n) is 10.9. The summed E-state index contributed by atoms with van der Waals surface area (Å²) in [6, 6.07) is 11.7. The van der Waals surface area contributed by atoms with E-state index in [2.05, 4.69) is 17.1 Å². The Morgan fingerprint density at radius 3 is 2.62 bits per heavy atom. The molecule has 0 unspecified atom stereocenters. The zero-order chi connectivity index (χ0) is 20.4. The number of amides is 2. The van der Waals surface area contributed by atoms with Crippen LogP contribution in [0.2, 0.25) is 0 Å². The summed E-state index contributed by atoms with van der Waals surface area (Å²) in [7, 11) is 1.99. The van der Waals surface area contributed by atoms with Crippen molar-refractivity contribution in [2.45, 2.75) is 63.5 Å². The number of unbranched alkanes of at least 4 members (excludes halogenated alkanes) is 1. The van der Waals surface area contributed by atoms with Crippen molar-refractivity contribution in [3.63, 3.8) is 0 Å². The normalized spacial score (nSPS) is 20.1. The minimum Gasteiger partial charge on any atom is -0.353 e. The first-order valence-corrected chi connectivity index (χ1v) is 10.9. The molecule has 2 amide bonds. The summed E-state index contributed by atoms with van der Waals surface area (Å²) in [6.45, 7) is 3.37. The molecule has 29 heavy (non-hydrogen) atoms. The van der Waals surface area contributed by atoms with Gasteiger partial charge >= 0.3 is 0 Å². The van der Waals surface area contributed by atoms with Gasteiger partial charge in [-0.3, -0.25) is 9.59 Å². The molecule has 5 nitrogen and oxygen atoms in total. The SMILES string of the molecule is CCCCN1C(=O)c2ccccc2[C@@H](C(=O)NCc2cccn2C)C12CCCC2. The van der Waals surface area contributed by atoms with Crippen molar-refractivity contribution in [3.8, 4) is 0 Å². The van der Waals surface area contributed by atoms with Gasteiger partial charge in [-0.25, -0.2) is 0 Å². The fraction of sp³-hybridized carbons (Fsp3) is 0.500. The molecule has 1 fully saturated rings. The van der Waals surface area contributed by atoms with Crippen molar-refractivity contribution < 1.29 is 9.59 Å². The van der Waals surface area contributed by atoms with E-state index in [0.29, 0.717) is 12.1 Å². The Morgan fingerprint density at radius 2 is 1.93 bits per heavy atom. The van der Waals surface area contributed by atoms with Gasteiger partial charge in [0.15, 0.2) is 0 Å². The monoisotopic (exact) mass is 393 g/mol. The standard InChI is InChI=1S/C24H31N3O2/c1-3-4-16-27-23(29)20-12-6-5-11-19(20)21(24(27)13-7-8-14-24)22(28)25-17-18-10-9-15-26(18)2/h5-6,9-12,15,21H,3-4,7-8,13-14,16-17H2,1-2H3,(H,25,28)/t21-/m0/s1. The van der Waals surface area contributed by atoms with Gasteiger partial charge < -0.3 is 14.8 Å². The van der Waals surface area contributed by atoms with E-state index in [1.165, 1.54) is 0 Å². The van der Waals surface area contributed by atoms with Gasteiger partial charge in [-0.05, 0) is 43.0 Å². The molecule has 154 valence electrons. The van der Waals surface area contributed by atoms with Gasteiger partial charge in [-0.1, -0.05) is 44.4 Å². The third-order valence-electron chi connectivity index (χ3n) is 6.78. The molecule has 0 saturated heterocycles. The average molecular weight is 394 g/mol. The summed E-state index contributed by atoms with van der Waals surface area (Å²) in [4.78, 5) is 29.1. The average Bonchev–Trinajstić information content (AvgIpc) is 3.36. The summed E-state index contributed by atoms with van der Waals surface area (Å²) in [5.74, 6) is -0.173. The van der Waals surface area contributed by atoms with E-state index in [1.54, 1.807) is 0 Å². The second-order valence-corrected chi connectivity index (χ2v) is 8.47. The minimum atomic E-state index is -0.390. The highest BCUT2D eigenvalue weighted by atomic mass is 16.2. The quantitative estimate of drug-likeness (QED) is 0.807. The predicted molar refractivity (Wildman–Crippen MR) is 114 cm³/mol. The second-order valence-electron chi connectivity index (χ2n) is 8.47. The molecule has 1 spiro atoms. The molecule has 1 saturated carbocycles. The first kappa shape index (κ1) is 19.7. The van der Waals surface area contributed by atoms with Gasteiger partial charge in [0.05, 0.1) is 18.0 Å². The summed E-state index contributed by atoms with van der Waals surface area (Å²) in [6.07, 6.45) is 7.93. The van der Waals surface area contributed by atoms with Crippen LogP contribution in [0.3, 0.4) is 0 Å². The van der Waals surface area contributed by atoms with Gasteiger partial charge in [0.25, 0.3) is 5.91 Å². The number of aryl methyl sites for hydroxylation is 1. The molecule has 1 aromatic heterocycles. The van der Waals surface area contributed by atoms with Crippen LogP contribution in [0.1, 0.15) is 73.0 Å². The molecular weight excluding hydrogens is 362 g/mol. The van der Waals surface area contributed by atoms with Gasteiger partial charge in [0, 0.05) is 31.0 Å². The molecular formula is C24H31N3O2. The smallest absolute Gasteiger partial charge is 0.254 e. The lowest BCUT2D eigenvalue weighted by Gasteiger charge is -2.50. The van der Waals surface area contributed by atoms with Crippen LogP contribution < -0.4 is 5.32 Å². The molecule has 1 aromatic carbocycles. The summed E-state index contributed by atoms with van der Waals surface area (Å²) >= 11 is 0. The van der Waals surface area contributed by atoms with Gasteiger partial charge in [0.1, 0.15) is 0 Å². The molecule has 2 aromatic rings. The van der Waals surface area contributed by atoms with E-state index in [1.807, 2.05) is 54.2 Å². The number of hydrogen-bond acceptors (Lipinski definition) is 2. The Morgan fingerprint density at radius 1 is 1.17 bits per heavy atom. The molecule has 1 aliphatic heterocycles. The van der Waals surface area contributed by atoms with Crippen LogP contribution in [-0.2, 0) is 18.4 Å². The Bertz CT molecular complexity index is 895. The van der Waals surface area contributed by atoms with E-state index in [-0.39, 0.29) is 23.3 Å². The van der Waals surface area contributed by atoms with Gasteiger partial charge in [-0.2, -0.15) is 0 Å². The number of rotatable bonds is 6. The van der Waals surface area contributed by atoms with Crippen LogP contribution >= 0.6 is 0 Å². The number of nitrogens with zero attached hydrogens (tertiary/aromatic N) is 2. The molecule has 2 aliphatic rings. The van der Waals surface area contributed by atoms with E-state index in [0.717, 1.165) is 56.3 Å². The van der Waals surface area contributed by atoms with E-state index < -0.39 is 0 Å². The Balaban J connectivity index is 1.72. The molecule has 1 atom stereocenters. The van der Waals surface area contributed by atoms with Crippen molar-refractivity contribution in [2.24, 2.45) is 7.05 Å². The molecule has 0 radical (unpaired) electrons. The van der Waals surface area contributed by atoms with Crippen molar-refractivity contribution in [3.05, 3.63) is 59.4 Å². The highest BCUT2D eigenvalue weighted by Crippen LogP contribution is 2.50. The third-order valence-corrected chi connectivity index (χ3v) is 6.78. The number of benzene rings is 1. The molecule has 5 heteroatoms. The zero-order valence-corrected chi connectivity index (χ0v) is 17.5. The van der Waals surface area contributed by atoms with Crippen LogP contribution in [0.4, 0.5) is 0 Å². The number of fused-ring (bicyclic) bond motifs is 1. The lowest BCUT2D eigenvalue weighted by Crippen LogP contribution is -2.60. The van der Waals surface area contributed by atoms with E-state index >= 15 is 0 Å². The number of nitrogens with one attached hydrogen (secondary N) is 1. The maximum Gasteiger partial charge on any atom is 0.254 e.